The number of benzene rings is 3. The van der Waals surface area contributed by atoms with Gasteiger partial charge in [0.15, 0.2) is 0 Å². The molecule has 4 aromatic rings. The van der Waals surface area contributed by atoms with Gasteiger partial charge in [-0.2, -0.15) is 0 Å². The normalized spacial score (nSPS) is 16.4. The largest absolute Gasteiger partial charge is 0.497 e. The van der Waals surface area contributed by atoms with Gasteiger partial charge in [0.25, 0.3) is 0 Å². The summed E-state index contributed by atoms with van der Waals surface area (Å²) in [5.74, 6) is 1.83. The van der Waals surface area contributed by atoms with Crippen molar-refractivity contribution in [2.24, 2.45) is 0 Å². The average molecular weight is 436 g/mol. The molecule has 0 atom stereocenters. The third-order valence-electron chi connectivity index (χ3n) is 7.54. The van der Waals surface area contributed by atoms with Crippen LogP contribution < -0.4 is 9.47 Å². The van der Waals surface area contributed by atoms with Gasteiger partial charge in [-0.25, -0.2) is 0 Å². The van der Waals surface area contributed by atoms with Gasteiger partial charge in [-0.15, -0.1) is 0 Å². The number of ether oxygens (including phenoxy) is 2. The maximum Gasteiger partial charge on any atom is 0.128 e. The first-order valence-electron chi connectivity index (χ1n) is 11.7. The molecule has 3 aromatic carbocycles. The number of hydrogen-bond donors (Lipinski definition) is 0. The first kappa shape index (κ1) is 20.2. The van der Waals surface area contributed by atoms with Crippen molar-refractivity contribution >= 4 is 27.2 Å². The van der Waals surface area contributed by atoms with Crippen molar-refractivity contribution in [3.8, 4) is 17.2 Å². The quantitative estimate of drug-likeness (QED) is 0.332. The summed E-state index contributed by atoms with van der Waals surface area (Å²) in [6, 6.07) is 17.3. The standard InChI is InChI=1S/C30H29NO2/c1-18-10-15-25(33-5)26-27-29(23-8-6-7-9-24(23)30(27,2)3)31(28(18)26)21-13-11-19-12-14-22(32-4)17-20(19)16-21/h7,9-17H,6,8H2,1-5H3. The van der Waals surface area contributed by atoms with E-state index in [2.05, 4.69) is 80.0 Å². The van der Waals surface area contributed by atoms with Crippen LogP contribution in [-0.4, -0.2) is 18.8 Å². The monoisotopic (exact) mass is 435 g/mol. The van der Waals surface area contributed by atoms with Crippen molar-refractivity contribution in [3.63, 3.8) is 0 Å². The minimum atomic E-state index is -0.0772. The lowest BCUT2D eigenvalue weighted by atomic mass is 9.79. The molecule has 0 spiro atoms. The number of methoxy groups -OCH3 is 2. The number of hydrogen-bond acceptors (Lipinski definition) is 2. The molecule has 0 radical (unpaired) electrons. The molecule has 0 saturated heterocycles. The van der Waals surface area contributed by atoms with Crippen LogP contribution in [-0.2, 0) is 5.41 Å². The molecule has 0 saturated carbocycles. The van der Waals surface area contributed by atoms with Crippen molar-refractivity contribution < 1.29 is 9.47 Å². The zero-order valence-electron chi connectivity index (χ0n) is 20.0. The Labute approximate surface area is 194 Å². The molecule has 0 fully saturated rings. The highest BCUT2D eigenvalue weighted by Crippen LogP contribution is 2.56. The number of fused-ring (bicyclic) bond motifs is 5. The zero-order chi connectivity index (χ0) is 22.9. The molecule has 0 aliphatic heterocycles. The molecule has 2 aliphatic rings. The first-order valence-corrected chi connectivity index (χ1v) is 11.7. The summed E-state index contributed by atoms with van der Waals surface area (Å²) in [6.07, 6.45) is 6.83. The van der Waals surface area contributed by atoms with Crippen molar-refractivity contribution in [3.05, 3.63) is 83.1 Å². The van der Waals surface area contributed by atoms with Gasteiger partial charge in [0.2, 0.25) is 0 Å². The van der Waals surface area contributed by atoms with Crippen LogP contribution in [0.4, 0.5) is 0 Å². The molecule has 6 rings (SSSR count). The van der Waals surface area contributed by atoms with Crippen LogP contribution in [0.2, 0.25) is 0 Å². The van der Waals surface area contributed by atoms with Crippen LogP contribution in [0, 0.1) is 6.92 Å². The molecule has 33 heavy (non-hydrogen) atoms. The molecule has 3 heteroatoms. The van der Waals surface area contributed by atoms with Crippen molar-refractivity contribution in [2.45, 2.75) is 39.0 Å². The lowest BCUT2D eigenvalue weighted by molar-refractivity contribution is 0.415. The molecule has 2 aliphatic carbocycles. The SMILES string of the molecule is COc1ccc2ccc(-n3c4c(c5c(OC)ccc(C)c53)C(C)(C)C3=C4CCC=C3)cc2c1. The van der Waals surface area contributed by atoms with Crippen LogP contribution >= 0.6 is 0 Å². The minimum Gasteiger partial charge on any atom is -0.497 e. The fraction of sp³-hybridized carbons (Fsp3) is 0.267. The third-order valence-corrected chi connectivity index (χ3v) is 7.54. The van der Waals surface area contributed by atoms with E-state index >= 15 is 0 Å². The van der Waals surface area contributed by atoms with Gasteiger partial charge in [-0.3, -0.25) is 0 Å². The number of aromatic nitrogens is 1. The lowest BCUT2D eigenvalue weighted by Crippen LogP contribution is -2.16. The van der Waals surface area contributed by atoms with E-state index in [0.29, 0.717) is 0 Å². The highest BCUT2D eigenvalue weighted by molar-refractivity contribution is 6.03. The lowest BCUT2D eigenvalue weighted by Gasteiger charge is -2.25. The summed E-state index contributed by atoms with van der Waals surface area (Å²) in [5.41, 5.74) is 9.26. The van der Waals surface area contributed by atoms with Crippen molar-refractivity contribution in [1.29, 1.82) is 0 Å². The average Bonchev–Trinajstić information content (AvgIpc) is 3.31. The molecule has 0 N–H and O–H groups in total. The first-order chi connectivity index (χ1) is 16.0. The van der Waals surface area contributed by atoms with Gasteiger partial charge in [0, 0.05) is 16.5 Å². The van der Waals surface area contributed by atoms with Gasteiger partial charge in [0.1, 0.15) is 11.5 Å². The fourth-order valence-electron chi connectivity index (χ4n) is 5.98. The number of aryl methyl sites for hydroxylation is 1. The van der Waals surface area contributed by atoms with E-state index in [1.807, 2.05) is 6.07 Å². The van der Waals surface area contributed by atoms with Gasteiger partial charge in [0.05, 0.1) is 25.4 Å². The van der Waals surface area contributed by atoms with Crippen LogP contribution in [0.25, 0.3) is 32.9 Å². The summed E-state index contributed by atoms with van der Waals surface area (Å²) in [6.45, 7) is 6.93. The predicted octanol–water partition coefficient (Wildman–Crippen LogP) is 7.50. The summed E-state index contributed by atoms with van der Waals surface area (Å²) in [5, 5.41) is 3.63. The predicted molar refractivity (Wildman–Crippen MR) is 137 cm³/mol. The summed E-state index contributed by atoms with van der Waals surface area (Å²) in [4.78, 5) is 0. The molecule has 0 bridgehead atoms. The number of allylic oxidation sites excluding steroid dienone is 4. The Hall–Kier alpha value is -3.46. The third kappa shape index (κ3) is 2.68. The smallest absolute Gasteiger partial charge is 0.128 e. The van der Waals surface area contributed by atoms with Crippen LogP contribution in [0.15, 0.2) is 66.3 Å². The maximum absolute atomic E-state index is 5.94. The van der Waals surface area contributed by atoms with Gasteiger partial charge in [-0.1, -0.05) is 44.2 Å². The Morgan fingerprint density at radius 3 is 2.52 bits per heavy atom. The Morgan fingerprint density at radius 2 is 1.73 bits per heavy atom. The second-order valence-electron chi connectivity index (χ2n) is 9.72. The Kier molecular flexibility index (Phi) is 4.29. The molecule has 0 unspecified atom stereocenters. The van der Waals surface area contributed by atoms with Crippen molar-refractivity contribution in [1.82, 2.24) is 4.57 Å². The zero-order valence-corrected chi connectivity index (χ0v) is 20.0. The Morgan fingerprint density at radius 1 is 0.909 bits per heavy atom. The maximum atomic E-state index is 5.94. The highest BCUT2D eigenvalue weighted by atomic mass is 16.5. The van der Waals surface area contributed by atoms with Crippen LogP contribution in [0.3, 0.4) is 0 Å². The van der Waals surface area contributed by atoms with Gasteiger partial charge >= 0.3 is 0 Å². The summed E-state index contributed by atoms with van der Waals surface area (Å²) in [7, 11) is 3.50. The second kappa shape index (κ2) is 7.02. The highest BCUT2D eigenvalue weighted by Gasteiger charge is 2.43. The molecule has 0 amide bonds. The van der Waals surface area contributed by atoms with E-state index in [-0.39, 0.29) is 5.41 Å². The van der Waals surface area contributed by atoms with E-state index < -0.39 is 0 Å². The Balaban J connectivity index is 1.77. The van der Waals surface area contributed by atoms with Crippen molar-refractivity contribution in [2.75, 3.05) is 14.2 Å². The molecule has 1 aromatic heterocycles. The molecule has 1 heterocycles. The number of rotatable bonds is 3. The molecule has 166 valence electrons. The summed E-state index contributed by atoms with van der Waals surface area (Å²) >= 11 is 0. The van der Waals surface area contributed by atoms with E-state index in [1.165, 1.54) is 55.3 Å². The molecule has 3 nitrogen and oxygen atoms in total. The molecular weight excluding hydrogens is 406 g/mol. The second-order valence-corrected chi connectivity index (χ2v) is 9.72. The minimum absolute atomic E-state index is 0.0772. The Bertz CT molecular complexity index is 1510. The molecular formula is C30H29NO2. The number of nitrogens with zero attached hydrogens (tertiary/aromatic N) is 1. The van der Waals surface area contributed by atoms with Gasteiger partial charge < -0.3 is 14.0 Å². The van der Waals surface area contributed by atoms with E-state index in [4.69, 9.17) is 9.47 Å². The van der Waals surface area contributed by atoms with Crippen LogP contribution in [0.5, 0.6) is 11.5 Å². The topological polar surface area (TPSA) is 23.4 Å². The van der Waals surface area contributed by atoms with Crippen LogP contribution in [0.1, 0.15) is 43.5 Å². The van der Waals surface area contributed by atoms with E-state index in [9.17, 15) is 0 Å². The van der Waals surface area contributed by atoms with Gasteiger partial charge in [-0.05, 0) is 83.1 Å². The van der Waals surface area contributed by atoms with E-state index in [1.54, 1.807) is 14.2 Å². The van der Waals surface area contributed by atoms with E-state index in [0.717, 1.165) is 24.3 Å². The summed E-state index contributed by atoms with van der Waals surface area (Å²) < 4.78 is 13.9. The fourth-order valence-corrected chi connectivity index (χ4v) is 5.98.